The third-order valence-corrected chi connectivity index (χ3v) is 1.69. The third-order valence-electron chi connectivity index (χ3n) is 1.69. The maximum absolute atomic E-state index is 11.3. The molecular weight excluding hydrogens is 211 g/mol. The highest BCUT2D eigenvalue weighted by molar-refractivity contribution is 5.97. The van der Waals surface area contributed by atoms with E-state index >= 15 is 0 Å². The van der Waals surface area contributed by atoms with E-state index in [0.29, 0.717) is 18.9 Å². The predicted molar refractivity (Wildman–Crippen MR) is 62.1 cm³/mol. The molecule has 0 spiro atoms. The first kappa shape index (κ1) is 17.0. The minimum atomic E-state index is -1.10. The highest BCUT2D eigenvalue weighted by atomic mass is 27.0. The zero-order valence-corrected chi connectivity index (χ0v) is 8.95. The van der Waals surface area contributed by atoms with E-state index in [0.717, 1.165) is 0 Å². The Balaban J connectivity index is 0. The van der Waals surface area contributed by atoms with Crippen LogP contribution in [0.5, 0.6) is 0 Å². The Kier molecular flexibility index (Phi) is 10.1. The Hall–Kier alpha value is -0.368. The third kappa shape index (κ3) is 8.62. The fourth-order valence-electron chi connectivity index (χ4n) is 1.01. The first-order chi connectivity index (χ1) is 6.47. The molecule has 1 atom stereocenters. The summed E-state index contributed by atoms with van der Waals surface area (Å²) in [4.78, 5) is 21.6. The Labute approximate surface area is 101 Å². The monoisotopic (exact) mass is 232 g/mol. The molecule has 0 aliphatic heterocycles. The van der Waals surface area contributed by atoms with E-state index in [1.807, 2.05) is 20.8 Å². The van der Waals surface area contributed by atoms with E-state index in [1.165, 1.54) is 0 Å². The van der Waals surface area contributed by atoms with Crippen LogP contribution in [0.25, 0.3) is 0 Å². The van der Waals surface area contributed by atoms with Crippen molar-refractivity contribution in [1.29, 1.82) is 0 Å². The Bertz CT molecular complexity index is 204. The van der Waals surface area contributed by atoms with E-state index in [1.54, 1.807) is 0 Å². The van der Waals surface area contributed by atoms with Crippen LogP contribution in [-0.4, -0.2) is 46.9 Å². The molecule has 0 saturated carbocycles. The first-order valence-electron chi connectivity index (χ1n) is 4.83. The molecule has 0 aromatic carbocycles. The Morgan fingerprint density at radius 1 is 1.33 bits per heavy atom. The largest absolute Gasteiger partial charge is 0.481 e. The van der Waals surface area contributed by atoms with Gasteiger partial charge in [0.25, 0.3) is 0 Å². The van der Waals surface area contributed by atoms with Gasteiger partial charge < -0.3 is 9.84 Å². The van der Waals surface area contributed by atoms with Crippen LogP contribution in [0.1, 0.15) is 33.6 Å². The highest BCUT2D eigenvalue weighted by Gasteiger charge is 2.19. The lowest BCUT2D eigenvalue weighted by atomic mass is 10.1. The fraction of sp³-hybridized carbons (Fsp3) is 0.800. The summed E-state index contributed by atoms with van der Waals surface area (Å²) in [6.07, 6.45) is -0.483. The van der Waals surface area contributed by atoms with Crippen molar-refractivity contribution in [2.24, 2.45) is 5.92 Å². The minimum absolute atomic E-state index is 0. The maximum Gasteiger partial charge on any atom is 0.310 e. The van der Waals surface area contributed by atoms with Crippen molar-refractivity contribution < 1.29 is 19.4 Å². The van der Waals surface area contributed by atoms with E-state index in [2.05, 4.69) is 0 Å². The van der Waals surface area contributed by atoms with Crippen LogP contribution in [0.3, 0.4) is 0 Å². The summed E-state index contributed by atoms with van der Waals surface area (Å²) in [6.45, 7) is 6.26. The molecule has 4 nitrogen and oxygen atoms in total. The number of hydrogen-bond donors (Lipinski definition) is 1. The summed E-state index contributed by atoms with van der Waals surface area (Å²) in [5.74, 6) is -1.09. The van der Waals surface area contributed by atoms with Crippen molar-refractivity contribution >= 4 is 29.1 Å². The fourth-order valence-corrected chi connectivity index (χ4v) is 1.01. The van der Waals surface area contributed by atoms with Crippen molar-refractivity contribution in [3.63, 3.8) is 0 Å². The zero-order chi connectivity index (χ0) is 11.1. The van der Waals surface area contributed by atoms with Gasteiger partial charge in [-0.3, -0.25) is 9.59 Å². The van der Waals surface area contributed by atoms with E-state index in [9.17, 15) is 9.59 Å². The van der Waals surface area contributed by atoms with Gasteiger partial charge in [0.2, 0.25) is 0 Å². The van der Waals surface area contributed by atoms with Gasteiger partial charge in [-0.2, -0.15) is 0 Å². The number of carbonyl (C=O) groups excluding carboxylic acids is 1. The standard InChI is InChI=1S/C10H18O4.Al.3H/c1-4-9(14-6-7(2)3)8(11)5-10(12)13;;;;/h7,9H,4-6H2,1-3H3,(H,12,13);;;;. The van der Waals surface area contributed by atoms with Crippen LogP contribution in [0.2, 0.25) is 0 Å². The zero-order valence-electron chi connectivity index (χ0n) is 8.95. The molecule has 1 N–H and O–H groups in total. The summed E-state index contributed by atoms with van der Waals surface area (Å²) in [6, 6.07) is 0. The minimum Gasteiger partial charge on any atom is -0.481 e. The van der Waals surface area contributed by atoms with Crippen molar-refractivity contribution in [1.82, 2.24) is 0 Å². The van der Waals surface area contributed by atoms with Gasteiger partial charge in [0.15, 0.2) is 23.1 Å². The number of ether oxygens (including phenoxy) is 1. The second-order valence-corrected chi connectivity index (χ2v) is 3.66. The Morgan fingerprint density at radius 2 is 1.87 bits per heavy atom. The van der Waals surface area contributed by atoms with Crippen molar-refractivity contribution in [2.45, 2.75) is 39.7 Å². The molecule has 0 aliphatic rings. The lowest BCUT2D eigenvalue weighted by Gasteiger charge is -2.15. The smallest absolute Gasteiger partial charge is 0.310 e. The number of rotatable bonds is 7. The summed E-state index contributed by atoms with van der Waals surface area (Å²) in [7, 11) is 0. The van der Waals surface area contributed by atoms with Gasteiger partial charge >= 0.3 is 5.97 Å². The number of carboxylic acid groups (broad SMARTS) is 1. The lowest BCUT2D eigenvalue weighted by molar-refractivity contribution is -0.144. The van der Waals surface area contributed by atoms with Gasteiger partial charge in [-0.25, -0.2) is 0 Å². The average molecular weight is 232 g/mol. The molecule has 0 aromatic rings. The predicted octanol–water partition coefficient (Wildman–Crippen LogP) is 0.297. The van der Waals surface area contributed by atoms with E-state index in [-0.39, 0.29) is 23.1 Å². The molecule has 0 fully saturated rings. The number of Topliss-reactive ketones (excluding diaryl/α,β-unsaturated/α-hetero) is 1. The molecule has 5 heteroatoms. The first-order valence-corrected chi connectivity index (χ1v) is 4.83. The molecule has 0 amide bonds. The van der Waals surface area contributed by atoms with Crippen LogP contribution in [-0.2, 0) is 14.3 Å². The molecule has 88 valence electrons. The number of carbonyl (C=O) groups is 2. The SMILES string of the molecule is CCC(OCC(C)C)C(=O)CC(=O)O.[AlH3]. The maximum atomic E-state index is 11.3. The van der Waals surface area contributed by atoms with E-state index in [4.69, 9.17) is 9.84 Å². The molecule has 15 heavy (non-hydrogen) atoms. The van der Waals surface area contributed by atoms with Crippen LogP contribution in [0, 0.1) is 5.92 Å². The van der Waals surface area contributed by atoms with Crippen LogP contribution < -0.4 is 0 Å². The van der Waals surface area contributed by atoms with Gasteiger partial charge in [-0.1, -0.05) is 20.8 Å². The molecule has 0 rings (SSSR count). The van der Waals surface area contributed by atoms with Gasteiger partial charge in [0.1, 0.15) is 12.5 Å². The topological polar surface area (TPSA) is 63.6 Å². The van der Waals surface area contributed by atoms with Crippen LogP contribution in [0.4, 0.5) is 0 Å². The van der Waals surface area contributed by atoms with Crippen LogP contribution >= 0.6 is 0 Å². The summed E-state index contributed by atoms with van der Waals surface area (Å²) in [5, 5.41) is 8.43. The molecule has 0 heterocycles. The Morgan fingerprint density at radius 3 is 2.20 bits per heavy atom. The number of aliphatic carboxylic acids is 1. The number of hydrogen-bond acceptors (Lipinski definition) is 3. The highest BCUT2D eigenvalue weighted by Crippen LogP contribution is 2.05. The molecular formula is C10H21AlO4. The summed E-state index contributed by atoms with van der Waals surface area (Å²) < 4.78 is 5.30. The number of carboxylic acids is 1. The molecule has 0 saturated heterocycles. The van der Waals surface area contributed by atoms with Gasteiger partial charge in [0.05, 0.1) is 0 Å². The lowest BCUT2D eigenvalue weighted by Crippen LogP contribution is -2.27. The van der Waals surface area contributed by atoms with Crippen molar-refractivity contribution in [3.8, 4) is 0 Å². The van der Waals surface area contributed by atoms with Crippen molar-refractivity contribution in [2.75, 3.05) is 6.61 Å². The molecule has 1 unspecified atom stereocenters. The molecule has 0 radical (unpaired) electrons. The van der Waals surface area contributed by atoms with Crippen LogP contribution in [0.15, 0.2) is 0 Å². The second kappa shape index (κ2) is 8.90. The van der Waals surface area contributed by atoms with Gasteiger partial charge in [-0.15, -0.1) is 0 Å². The van der Waals surface area contributed by atoms with Gasteiger partial charge in [-0.05, 0) is 12.3 Å². The summed E-state index contributed by atoms with van der Waals surface area (Å²) in [5.41, 5.74) is 0. The molecule has 0 aliphatic carbocycles. The average Bonchev–Trinajstić information content (AvgIpc) is 2.03. The second-order valence-electron chi connectivity index (χ2n) is 3.66. The molecule has 0 bridgehead atoms. The molecule has 0 aromatic heterocycles. The number of ketones is 1. The van der Waals surface area contributed by atoms with Crippen molar-refractivity contribution in [3.05, 3.63) is 0 Å². The van der Waals surface area contributed by atoms with E-state index < -0.39 is 18.5 Å². The quantitative estimate of drug-likeness (QED) is 0.506. The normalized spacial score (nSPS) is 12.0. The summed E-state index contributed by atoms with van der Waals surface area (Å²) >= 11 is 0. The van der Waals surface area contributed by atoms with Gasteiger partial charge in [0, 0.05) is 6.61 Å².